The van der Waals surface area contributed by atoms with Crippen LogP contribution in [-0.4, -0.2) is 30.1 Å². The Morgan fingerprint density at radius 2 is 2.19 bits per heavy atom. The molecule has 4 heteroatoms. The van der Waals surface area contributed by atoms with Gasteiger partial charge in [-0.05, 0) is 31.9 Å². The summed E-state index contributed by atoms with van der Waals surface area (Å²) in [6.45, 7) is 1.91. The number of pyridine rings is 1. The molecule has 1 heterocycles. The number of carbonyl (C=O) groups excluding carboxylic acids is 1. The standard InChI is InChI=1S/C12H16N2O2/c1-8-6-10(12(15)14(2)16-3)7-11(13-8)9-4-5-9/h6-7,9H,4-5H2,1-3H3. The highest BCUT2D eigenvalue weighted by Crippen LogP contribution is 2.39. The fraction of sp³-hybridized carbons (Fsp3) is 0.500. The van der Waals surface area contributed by atoms with E-state index in [2.05, 4.69) is 4.98 Å². The molecule has 0 saturated heterocycles. The predicted molar refractivity (Wildman–Crippen MR) is 60.1 cm³/mol. The molecule has 0 aliphatic heterocycles. The highest BCUT2D eigenvalue weighted by molar-refractivity contribution is 5.93. The van der Waals surface area contributed by atoms with E-state index >= 15 is 0 Å². The first-order valence-corrected chi connectivity index (χ1v) is 5.42. The van der Waals surface area contributed by atoms with Gasteiger partial charge in [0.2, 0.25) is 0 Å². The minimum Gasteiger partial charge on any atom is -0.274 e. The second-order valence-corrected chi connectivity index (χ2v) is 4.18. The summed E-state index contributed by atoms with van der Waals surface area (Å²) in [5.74, 6) is 0.425. The van der Waals surface area contributed by atoms with Gasteiger partial charge in [-0.1, -0.05) is 0 Å². The third kappa shape index (κ3) is 2.22. The Balaban J connectivity index is 2.29. The zero-order valence-electron chi connectivity index (χ0n) is 9.86. The number of aryl methyl sites for hydroxylation is 1. The molecular formula is C12H16N2O2. The van der Waals surface area contributed by atoms with Crippen molar-refractivity contribution in [3.8, 4) is 0 Å². The third-order valence-corrected chi connectivity index (χ3v) is 2.78. The van der Waals surface area contributed by atoms with Crippen LogP contribution < -0.4 is 0 Å². The van der Waals surface area contributed by atoms with E-state index in [1.807, 2.05) is 13.0 Å². The van der Waals surface area contributed by atoms with Crippen molar-refractivity contribution in [2.45, 2.75) is 25.7 Å². The summed E-state index contributed by atoms with van der Waals surface area (Å²) < 4.78 is 0. The average molecular weight is 220 g/mol. The zero-order chi connectivity index (χ0) is 11.7. The average Bonchev–Trinajstić information content (AvgIpc) is 3.10. The van der Waals surface area contributed by atoms with Gasteiger partial charge in [0.15, 0.2) is 0 Å². The van der Waals surface area contributed by atoms with E-state index in [1.54, 1.807) is 13.1 Å². The van der Waals surface area contributed by atoms with E-state index in [0.717, 1.165) is 11.4 Å². The van der Waals surface area contributed by atoms with Crippen molar-refractivity contribution in [1.29, 1.82) is 0 Å². The van der Waals surface area contributed by atoms with E-state index in [-0.39, 0.29) is 5.91 Å². The van der Waals surface area contributed by atoms with Crippen LogP contribution in [0.5, 0.6) is 0 Å². The van der Waals surface area contributed by atoms with Crippen molar-refractivity contribution in [1.82, 2.24) is 10.0 Å². The van der Waals surface area contributed by atoms with E-state index in [4.69, 9.17) is 4.84 Å². The minimum atomic E-state index is -0.130. The van der Waals surface area contributed by atoms with Crippen molar-refractivity contribution in [2.24, 2.45) is 0 Å². The van der Waals surface area contributed by atoms with Crippen LogP contribution in [0, 0.1) is 6.92 Å². The number of carbonyl (C=O) groups is 1. The molecule has 0 N–H and O–H groups in total. The molecule has 1 saturated carbocycles. The molecule has 1 aromatic heterocycles. The lowest BCUT2D eigenvalue weighted by molar-refractivity contribution is -0.0757. The molecule has 1 fully saturated rings. The Kier molecular flexibility index (Phi) is 2.92. The number of aromatic nitrogens is 1. The van der Waals surface area contributed by atoms with Crippen LogP contribution >= 0.6 is 0 Å². The van der Waals surface area contributed by atoms with Crippen molar-refractivity contribution < 1.29 is 9.63 Å². The lowest BCUT2D eigenvalue weighted by atomic mass is 10.1. The Hall–Kier alpha value is -1.42. The van der Waals surface area contributed by atoms with E-state index in [1.165, 1.54) is 25.0 Å². The van der Waals surface area contributed by atoms with Gasteiger partial charge in [0.1, 0.15) is 0 Å². The van der Waals surface area contributed by atoms with Gasteiger partial charge in [-0.3, -0.25) is 14.6 Å². The Labute approximate surface area is 95.2 Å². The SMILES string of the molecule is CON(C)C(=O)c1cc(C)nc(C2CC2)c1. The first-order valence-electron chi connectivity index (χ1n) is 5.42. The van der Waals surface area contributed by atoms with E-state index in [9.17, 15) is 4.79 Å². The summed E-state index contributed by atoms with van der Waals surface area (Å²) in [7, 11) is 3.09. The summed E-state index contributed by atoms with van der Waals surface area (Å²) in [4.78, 5) is 21.2. The molecule has 2 rings (SSSR count). The largest absolute Gasteiger partial charge is 0.277 e. The van der Waals surface area contributed by atoms with Crippen molar-refractivity contribution in [3.05, 3.63) is 29.1 Å². The molecule has 0 atom stereocenters. The zero-order valence-corrected chi connectivity index (χ0v) is 9.86. The number of rotatable bonds is 3. The lowest BCUT2D eigenvalue weighted by Crippen LogP contribution is -2.25. The lowest BCUT2D eigenvalue weighted by Gasteiger charge is -2.14. The van der Waals surface area contributed by atoms with Gasteiger partial charge < -0.3 is 0 Å². The molecule has 1 amide bonds. The van der Waals surface area contributed by atoms with Gasteiger partial charge in [-0.2, -0.15) is 0 Å². The Morgan fingerprint density at radius 1 is 1.50 bits per heavy atom. The van der Waals surface area contributed by atoms with Crippen molar-refractivity contribution in [3.63, 3.8) is 0 Å². The maximum absolute atomic E-state index is 11.9. The molecule has 1 aromatic rings. The molecular weight excluding hydrogens is 204 g/mol. The van der Waals surface area contributed by atoms with Crippen molar-refractivity contribution >= 4 is 5.91 Å². The maximum atomic E-state index is 11.9. The number of hydrogen-bond donors (Lipinski definition) is 0. The fourth-order valence-electron chi connectivity index (χ4n) is 1.67. The van der Waals surface area contributed by atoms with Crippen LogP contribution in [0.15, 0.2) is 12.1 Å². The van der Waals surface area contributed by atoms with Gasteiger partial charge in [0.25, 0.3) is 5.91 Å². The Bertz CT molecular complexity index is 413. The van der Waals surface area contributed by atoms with Crippen molar-refractivity contribution in [2.75, 3.05) is 14.2 Å². The second kappa shape index (κ2) is 4.22. The summed E-state index contributed by atoms with van der Waals surface area (Å²) in [5.41, 5.74) is 2.57. The molecule has 16 heavy (non-hydrogen) atoms. The highest BCUT2D eigenvalue weighted by atomic mass is 16.7. The van der Waals surface area contributed by atoms with Gasteiger partial charge in [-0.15, -0.1) is 0 Å². The summed E-state index contributed by atoms with van der Waals surface area (Å²) in [6, 6.07) is 3.67. The third-order valence-electron chi connectivity index (χ3n) is 2.78. The van der Waals surface area contributed by atoms with Gasteiger partial charge in [0, 0.05) is 29.9 Å². The number of nitrogens with zero attached hydrogens (tertiary/aromatic N) is 2. The first-order chi connectivity index (χ1) is 7.61. The van der Waals surface area contributed by atoms with Crippen LogP contribution in [0.4, 0.5) is 0 Å². The van der Waals surface area contributed by atoms with Crippen LogP contribution in [0.2, 0.25) is 0 Å². The minimum absolute atomic E-state index is 0.130. The molecule has 86 valence electrons. The van der Waals surface area contributed by atoms with Crippen LogP contribution in [-0.2, 0) is 4.84 Å². The molecule has 1 aliphatic carbocycles. The molecule has 0 aromatic carbocycles. The van der Waals surface area contributed by atoms with Gasteiger partial charge >= 0.3 is 0 Å². The number of amides is 1. The molecule has 0 spiro atoms. The number of hydroxylamine groups is 2. The van der Waals surface area contributed by atoms with E-state index < -0.39 is 0 Å². The van der Waals surface area contributed by atoms with Crippen LogP contribution in [0.3, 0.4) is 0 Å². The van der Waals surface area contributed by atoms with Crippen LogP contribution in [0.1, 0.15) is 40.5 Å². The smallest absolute Gasteiger partial charge is 0.274 e. The predicted octanol–water partition coefficient (Wildman–Crippen LogP) is 1.90. The normalized spacial score (nSPS) is 14.9. The molecule has 4 nitrogen and oxygen atoms in total. The summed E-state index contributed by atoms with van der Waals surface area (Å²) in [6.07, 6.45) is 2.37. The van der Waals surface area contributed by atoms with E-state index in [0.29, 0.717) is 11.5 Å². The Morgan fingerprint density at radius 3 is 2.75 bits per heavy atom. The molecule has 1 aliphatic rings. The molecule has 0 bridgehead atoms. The van der Waals surface area contributed by atoms with Crippen LogP contribution in [0.25, 0.3) is 0 Å². The number of hydrogen-bond acceptors (Lipinski definition) is 3. The highest BCUT2D eigenvalue weighted by Gasteiger charge is 2.26. The monoisotopic (exact) mass is 220 g/mol. The molecule has 0 unspecified atom stereocenters. The summed E-state index contributed by atoms with van der Waals surface area (Å²) in [5, 5.41) is 1.23. The summed E-state index contributed by atoms with van der Waals surface area (Å²) >= 11 is 0. The maximum Gasteiger partial charge on any atom is 0.277 e. The fourth-order valence-corrected chi connectivity index (χ4v) is 1.67. The van der Waals surface area contributed by atoms with Gasteiger partial charge in [-0.25, -0.2) is 5.06 Å². The topological polar surface area (TPSA) is 42.4 Å². The first kappa shape index (κ1) is 11.1. The molecule has 0 radical (unpaired) electrons. The second-order valence-electron chi connectivity index (χ2n) is 4.18. The quantitative estimate of drug-likeness (QED) is 0.731. The van der Waals surface area contributed by atoms with Gasteiger partial charge in [0.05, 0.1) is 7.11 Å².